The second kappa shape index (κ2) is 7.32. The molecule has 7 nitrogen and oxygen atoms in total. The maximum atomic E-state index is 13.1. The molecule has 0 saturated heterocycles. The molecule has 0 unspecified atom stereocenters. The van der Waals surface area contributed by atoms with Crippen LogP contribution in [0.5, 0.6) is 5.75 Å². The van der Waals surface area contributed by atoms with Crippen molar-refractivity contribution in [2.45, 2.75) is 0 Å². The molecule has 2 aromatic carbocycles. The zero-order valence-corrected chi connectivity index (χ0v) is 15.8. The van der Waals surface area contributed by atoms with Crippen molar-refractivity contribution in [3.63, 3.8) is 0 Å². The number of aryl methyl sites for hydroxylation is 1. The summed E-state index contributed by atoms with van der Waals surface area (Å²) in [4.78, 5) is 9.04. The Morgan fingerprint density at radius 1 is 1.04 bits per heavy atom. The molecule has 0 fully saturated rings. The first-order valence-corrected chi connectivity index (χ1v) is 8.74. The van der Waals surface area contributed by atoms with Crippen LogP contribution >= 0.6 is 11.6 Å². The summed E-state index contributed by atoms with van der Waals surface area (Å²) in [6.45, 7) is 0. The lowest BCUT2D eigenvalue weighted by Crippen LogP contribution is -2.03. The van der Waals surface area contributed by atoms with Gasteiger partial charge in [-0.2, -0.15) is 15.1 Å². The van der Waals surface area contributed by atoms with E-state index >= 15 is 0 Å². The third kappa shape index (κ3) is 3.54. The van der Waals surface area contributed by atoms with Gasteiger partial charge < -0.3 is 15.4 Å². The Balaban J connectivity index is 1.72. The Kier molecular flexibility index (Phi) is 4.70. The highest BCUT2D eigenvalue weighted by Crippen LogP contribution is 2.31. The van der Waals surface area contributed by atoms with Crippen LogP contribution in [0, 0.1) is 5.82 Å². The second-order valence-electron chi connectivity index (χ2n) is 6.01. The molecule has 2 heterocycles. The third-order valence-electron chi connectivity index (χ3n) is 4.11. The van der Waals surface area contributed by atoms with E-state index in [4.69, 9.17) is 16.3 Å². The van der Waals surface area contributed by atoms with Crippen LogP contribution in [0.25, 0.3) is 11.0 Å². The normalized spacial score (nSPS) is 10.9. The molecule has 0 atom stereocenters. The summed E-state index contributed by atoms with van der Waals surface area (Å²) in [6, 6.07) is 11.3. The molecule has 0 spiro atoms. The monoisotopic (exact) mass is 398 g/mol. The van der Waals surface area contributed by atoms with Crippen molar-refractivity contribution in [3.8, 4) is 5.75 Å². The second-order valence-corrected chi connectivity index (χ2v) is 6.41. The van der Waals surface area contributed by atoms with Crippen molar-refractivity contribution < 1.29 is 9.13 Å². The number of rotatable bonds is 5. The molecule has 0 amide bonds. The lowest BCUT2D eigenvalue weighted by atomic mass is 10.3. The lowest BCUT2D eigenvalue weighted by molar-refractivity contribution is 0.415. The summed E-state index contributed by atoms with van der Waals surface area (Å²) in [5.74, 6) is 1.18. The average molecular weight is 399 g/mol. The highest BCUT2D eigenvalue weighted by atomic mass is 35.5. The van der Waals surface area contributed by atoms with Gasteiger partial charge in [-0.25, -0.2) is 4.39 Å². The van der Waals surface area contributed by atoms with Crippen molar-refractivity contribution in [2.24, 2.45) is 7.05 Å². The molecule has 0 radical (unpaired) electrons. The number of ether oxygens (including phenoxy) is 1. The maximum Gasteiger partial charge on any atom is 0.231 e. The Hall–Kier alpha value is -3.39. The van der Waals surface area contributed by atoms with Gasteiger partial charge in [0, 0.05) is 18.4 Å². The van der Waals surface area contributed by atoms with E-state index in [1.165, 1.54) is 12.1 Å². The van der Waals surface area contributed by atoms with Crippen molar-refractivity contribution in [2.75, 3.05) is 17.7 Å². The summed E-state index contributed by atoms with van der Waals surface area (Å²) in [5.41, 5.74) is 2.05. The SMILES string of the molecule is COc1ccc(Nc2nc(Nc3ccc(F)cc3)nc3c2cnn3C)cc1Cl. The van der Waals surface area contributed by atoms with Gasteiger partial charge in [-0.05, 0) is 42.5 Å². The van der Waals surface area contributed by atoms with Crippen LogP contribution in [0.3, 0.4) is 0 Å². The molecule has 0 bridgehead atoms. The van der Waals surface area contributed by atoms with Crippen LogP contribution in [0.15, 0.2) is 48.7 Å². The number of hydrogen-bond acceptors (Lipinski definition) is 6. The van der Waals surface area contributed by atoms with Gasteiger partial charge >= 0.3 is 0 Å². The van der Waals surface area contributed by atoms with Crippen LogP contribution in [-0.2, 0) is 7.05 Å². The van der Waals surface area contributed by atoms with E-state index in [1.807, 2.05) is 6.07 Å². The Bertz CT molecular complexity index is 1150. The van der Waals surface area contributed by atoms with Crippen LogP contribution in [0.4, 0.5) is 27.5 Å². The first-order chi connectivity index (χ1) is 13.5. The minimum absolute atomic E-state index is 0.313. The number of hydrogen-bond donors (Lipinski definition) is 2. The smallest absolute Gasteiger partial charge is 0.231 e. The fourth-order valence-electron chi connectivity index (χ4n) is 2.72. The van der Waals surface area contributed by atoms with E-state index in [9.17, 15) is 4.39 Å². The minimum Gasteiger partial charge on any atom is -0.495 e. The van der Waals surface area contributed by atoms with E-state index in [0.29, 0.717) is 33.9 Å². The molecule has 0 aliphatic carbocycles. The van der Waals surface area contributed by atoms with Gasteiger partial charge in [0.15, 0.2) is 5.65 Å². The fraction of sp³-hybridized carbons (Fsp3) is 0.105. The molecule has 9 heteroatoms. The average Bonchev–Trinajstić information content (AvgIpc) is 3.05. The number of nitrogens with one attached hydrogen (secondary N) is 2. The number of nitrogens with zero attached hydrogens (tertiary/aromatic N) is 4. The van der Waals surface area contributed by atoms with Gasteiger partial charge in [-0.15, -0.1) is 0 Å². The molecule has 2 N–H and O–H groups in total. The van der Waals surface area contributed by atoms with E-state index in [-0.39, 0.29) is 5.82 Å². The predicted octanol–water partition coefficient (Wildman–Crippen LogP) is 4.65. The van der Waals surface area contributed by atoms with Gasteiger partial charge in [-0.1, -0.05) is 11.6 Å². The van der Waals surface area contributed by atoms with Crippen molar-refractivity contribution in [1.29, 1.82) is 0 Å². The number of anilines is 4. The summed E-state index contributed by atoms with van der Waals surface area (Å²) in [7, 11) is 3.36. The van der Waals surface area contributed by atoms with Crippen molar-refractivity contribution in [3.05, 3.63) is 59.5 Å². The van der Waals surface area contributed by atoms with Crippen LogP contribution in [0.2, 0.25) is 5.02 Å². The summed E-state index contributed by atoms with van der Waals surface area (Å²) >= 11 is 6.21. The molecule has 28 heavy (non-hydrogen) atoms. The largest absolute Gasteiger partial charge is 0.495 e. The molecular weight excluding hydrogens is 383 g/mol. The van der Waals surface area contributed by atoms with Crippen molar-refractivity contribution in [1.82, 2.24) is 19.7 Å². The molecular formula is C19H16ClFN6O. The zero-order chi connectivity index (χ0) is 19.7. The Morgan fingerprint density at radius 3 is 2.50 bits per heavy atom. The Labute approximate surface area is 165 Å². The quantitative estimate of drug-likeness (QED) is 0.509. The molecule has 4 aromatic rings. The highest BCUT2D eigenvalue weighted by Gasteiger charge is 2.13. The van der Waals surface area contributed by atoms with E-state index < -0.39 is 0 Å². The molecule has 2 aromatic heterocycles. The Morgan fingerprint density at radius 2 is 1.79 bits per heavy atom. The van der Waals surface area contributed by atoms with Crippen LogP contribution in [0.1, 0.15) is 0 Å². The van der Waals surface area contributed by atoms with E-state index in [0.717, 1.165) is 11.1 Å². The fourth-order valence-corrected chi connectivity index (χ4v) is 2.97. The molecule has 4 rings (SSSR count). The molecule has 0 saturated carbocycles. The third-order valence-corrected chi connectivity index (χ3v) is 4.40. The number of halogens is 2. The maximum absolute atomic E-state index is 13.1. The summed E-state index contributed by atoms with van der Waals surface area (Å²) < 4.78 is 20.0. The molecule has 0 aliphatic rings. The number of benzene rings is 2. The standard InChI is InChI=1S/C19H16ClFN6O/c1-27-18-14(10-22-27)17(23-13-7-8-16(28-2)15(20)9-13)25-19(26-18)24-12-5-3-11(21)4-6-12/h3-10H,1-2H3,(H2,23,24,25,26). The number of methoxy groups -OCH3 is 1. The molecule has 142 valence electrons. The van der Waals surface area contributed by atoms with E-state index in [1.54, 1.807) is 49.3 Å². The first-order valence-electron chi connectivity index (χ1n) is 8.36. The van der Waals surface area contributed by atoms with E-state index in [2.05, 4.69) is 25.7 Å². The highest BCUT2D eigenvalue weighted by molar-refractivity contribution is 6.32. The predicted molar refractivity (Wildman–Crippen MR) is 107 cm³/mol. The number of fused-ring (bicyclic) bond motifs is 1. The first kappa shape index (κ1) is 18.0. The summed E-state index contributed by atoms with van der Waals surface area (Å²) in [6.07, 6.45) is 1.68. The molecule has 0 aliphatic heterocycles. The van der Waals surface area contributed by atoms with Gasteiger partial charge in [0.05, 0.1) is 23.7 Å². The lowest BCUT2D eigenvalue weighted by Gasteiger charge is -2.11. The zero-order valence-electron chi connectivity index (χ0n) is 15.1. The van der Waals surface area contributed by atoms with Gasteiger partial charge in [0.25, 0.3) is 0 Å². The minimum atomic E-state index is -0.313. The number of aromatic nitrogens is 4. The summed E-state index contributed by atoms with van der Waals surface area (Å²) in [5, 5.41) is 11.8. The van der Waals surface area contributed by atoms with Crippen molar-refractivity contribution >= 4 is 45.8 Å². The van der Waals surface area contributed by atoms with Crippen LogP contribution < -0.4 is 15.4 Å². The van der Waals surface area contributed by atoms with Gasteiger partial charge in [0.1, 0.15) is 17.4 Å². The topological polar surface area (TPSA) is 76.9 Å². The van der Waals surface area contributed by atoms with Crippen LogP contribution in [-0.4, -0.2) is 26.9 Å². The van der Waals surface area contributed by atoms with Gasteiger partial charge in [-0.3, -0.25) is 4.68 Å². The van der Waals surface area contributed by atoms with Gasteiger partial charge in [0.2, 0.25) is 5.95 Å².